The van der Waals surface area contributed by atoms with Gasteiger partial charge in [-0.1, -0.05) is 0 Å². The molecule has 15 heteroatoms. The van der Waals surface area contributed by atoms with Gasteiger partial charge >= 0.3 is 5.97 Å². The average Bonchev–Trinajstić information content (AvgIpc) is 3.63. The van der Waals surface area contributed by atoms with Gasteiger partial charge in [0.15, 0.2) is 23.0 Å². The lowest BCUT2D eigenvalue weighted by Crippen LogP contribution is -2.45. The lowest BCUT2D eigenvalue weighted by atomic mass is 9.65. The van der Waals surface area contributed by atoms with Crippen LogP contribution in [0.25, 0.3) is 0 Å². The molecule has 2 heterocycles. The van der Waals surface area contributed by atoms with Gasteiger partial charge in [0, 0.05) is 11.8 Å². The van der Waals surface area contributed by atoms with Gasteiger partial charge in [-0.15, -0.1) is 37.2 Å². The maximum absolute atomic E-state index is 13.3. The summed E-state index contributed by atoms with van der Waals surface area (Å²) in [5, 5.41) is 20.4. The average molecular weight is 708 g/mol. The molecule has 0 spiro atoms. The summed E-state index contributed by atoms with van der Waals surface area (Å²) in [5.41, 5.74) is 7.86. The second-order valence-electron chi connectivity index (χ2n) is 11.1. The van der Waals surface area contributed by atoms with Crippen molar-refractivity contribution in [1.82, 2.24) is 16.0 Å². The van der Waals surface area contributed by atoms with E-state index in [1.807, 2.05) is 12.1 Å². The fraction of sp³-hybridized carbons (Fsp3) is 0.548. The summed E-state index contributed by atoms with van der Waals surface area (Å²) >= 11 is 0. The second-order valence-corrected chi connectivity index (χ2v) is 11.1. The van der Waals surface area contributed by atoms with Crippen molar-refractivity contribution in [2.24, 2.45) is 17.6 Å². The van der Waals surface area contributed by atoms with Crippen molar-refractivity contribution >= 4 is 49.1 Å². The maximum Gasteiger partial charge on any atom is 0.310 e. The Kier molecular flexibility index (Phi) is 15.8. The number of nitrogens with two attached hydrogens (primary N) is 1. The Balaban J connectivity index is 0.00000245. The van der Waals surface area contributed by atoms with E-state index in [9.17, 15) is 14.7 Å². The van der Waals surface area contributed by atoms with Gasteiger partial charge in [0.1, 0.15) is 0 Å². The predicted octanol–water partition coefficient (Wildman–Crippen LogP) is 3.19. The molecule has 12 nitrogen and oxygen atoms in total. The monoisotopic (exact) mass is 706 g/mol. The van der Waals surface area contributed by atoms with E-state index in [-0.39, 0.29) is 92.2 Å². The fourth-order valence-electron chi connectivity index (χ4n) is 6.29. The van der Waals surface area contributed by atoms with Gasteiger partial charge < -0.3 is 50.5 Å². The summed E-state index contributed by atoms with van der Waals surface area (Å²) in [6, 6.07) is 6.69. The summed E-state index contributed by atoms with van der Waals surface area (Å²) < 4.78 is 27.8. The molecule has 2 aromatic rings. The third-order valence-corrected chi connectivity index (χ3v) is 8.42. The van der Waals surface area contributed by atoms with Crippen molar-refractivity contribution in [3.63, 3.8) is 0 Å². The SMILES string of the molecule is COc1cc(C2c3cc4c(cc3C(NC(=O)CNCCCCNCCCCN)C3COC(=O)C23)OCO4)cc(OC)c1O.Cl.Cl.Cl. The topological polar surface area (TPSA) is 163 Å². The van der Waals surface area contributed by atoms with E-state index in [1.54, 1.807) is 12.1 Å². The minimum atomic E-state index is -0.595. The van der Waals surface area contributed by atoms with E-state index in [1.165, 1.54) is 14.2 Å². The molecule has 2 aliphatic heterocycles. The molecule has 258 valence electrons. The number of benzene rings is 2. The second kappa shape index (κ2) is 18.5. The minimum absolute atomic E-state index is 0. The van der Waals surface area contributed by atoms with Crippen LogP contribution >= 0.6 is 37.2 Å². The van der Waals surface area contributed by atoms with Crippen LogP contribution in [0.5, 0.6) is 28.7 Å². The van der Waals surface area contributed by atoms with E-state index >= 15 is 0 Å². The van der Waals surface area contributed by atoms with Crippen LogP contribution in [0.1, 0.15) is 54.3 Å². The van der Waals surface area contributed by atoms with Crippen LogP contribution in [0.3, 0.4) is 0 Å². The number of fused-ring (bicyclic) bond motifs is 3. The molecule has 2 aromatic carbocycles. The third kappa shape index (κ3) is 8.53. The number of phenolic OH excluding ortho intramolecular Hbond substituents is 1. The molecule has 4 unspecified atom stereocenters. The Hall–Kier alpha value is -2.87. The normalized spacial score (nSPS) is 20.2. The lowest BCUT2D eigenvalue weighted by molar-refractivity contribution is -0.141. The fourth-order valence-corrected chi connectivity index (χ4v) is 6.29. The number of halogens is 3. The van der Waals surface area contributed by atoms with Crippen LogP contribution in [0.4, 0.5) is 0 Å². The number of ether oxygens (including phenoxy) is 5. The number of carbonyl (C=O) groups excluding carboxylic acids is 2. The number of unbranched alkanes of at least 4 members (excludes halogenated alkanes) is 2. The van der Waals surface area contributed by atoms with E-state index in [0.29, 0.717) is 17.1 Å². The number of phenols is 1. The molecule has 4 atom stereocenters. The molecule has 0 bridgehead atoms. The van der Waals surface area contributed by atoms with Crippen molar-refractivity contribution in [3.05, 3.63) is 41.0 Å². The van der Waals surface area contributed by atoms with Crippen molar-refractivity contribution in [2.45, 2.75) is 37.6 Å². The third-order valence-electron chi connectivity index (χ3n) is 8.42. The molecular weight excluding hydrogens is 663 g/mol. The highest BCUT2D eigenvalue weighted by Crippen LogP contribution is 2.55. The van der Waals surface area contributed by atoms with E-state index < -0.39 is 17.9 Å². The number of esters is 1. The molecule has 0 radical (unpaired) electrons. The Morgan fingerprint density at radius 2 is 1.48 bits per heavy atom. The number of hydrogen-bond donors (Lipinski definition) is 5. The first kappa shape index (κ1) is 39.3. The van der Waals surface area contributed by atoms with Crippen molar-refractivity contribution in [2.75, 3.05) is 60.3 Å². The highest BCUT2D eigenvalue weighted by molar-refractivity contribution is 5.86. The number of hydrogen-bond acceptors (Lipinski definition) is 11. The molecule has 0 saturated carbocycles. The van der Waals surface area contributed by atoms with Gasteiger partial charge in [-0.05, 0) is 92.8 Å². The standard InChI is InChI=1S/C31H42N4O8.3ClH/c1-39-24-11-18(12-25(40-2)30(24)37)27-19-13-22-23(43-17-42-22)14-20(19)29(21-16-41-31(38)28(21)27)35-26(36)15-34-10-6-5-9-33-8-4-3-7-32;;;/h11-14,21,27-29,33-34,37H,3-10,15-17,32H2,1-2H3,(H,35,36);3*1H. The van der Waals surface area contributed by atoms with Gasteiger partial charge in [0.25, 0.3) is 0 Å². The number of carbonyl (C=O) groups is 2. The molecule has 1 amide bonds. The van der Waals surface area contributed by atoms with Crippen molar-refractivity contribution in [1.29, 1.82) is 0 Å². The highest BCUT2D eigenvalue weighted by Gasteiger charge is 2.53. The molecule has 6 N–H and O–H groups in total. The zero-order valence-corrected chi connectivity index (χ0v) is 28.5. The Morgan fingerprint density at radius 3 is 2.09 bits per heavy atom. The van der Waals surface area contributed by atoms with E-state index in [2.05, 4.69) is 16.0 Å². The van der Waals surface area contributed by atoms with Crippen LogP contribution in [0.2, 0.25) is 0 Å². The summed E-state index contributed by atoms with van der Waals surface area (Å²) in [7, 11) is 2.91. The smallest absolute Gasteiger partial charge is 0.310 e. The first-order chi connectivity index (χ1) is 21.0. The summed E-state index contributed by atoms with van der Waals surface area (Å²) in [5.74, 6) is -0.445. The number of rotatable bonds is 15. The van der Waals surface area contributed by atoms with Crippen LogP contribution in [-0.4, -0.2) is 77.3 Å². The zero-order chi connectivity index (χ0) is 30.3. The number of cyclic esters (lactones) is 1. The Labute approximate surface area is 288 Å². The minimum Gasteiger partial charge on any atom is -0.502 e. The quantitative estimate of drug-likeness (QED) is 0.137. The summed E-state index contributed by atoms with van der Waals surface area (Å²) in [6.45, 7) is 3.75. The van der Waals surface area contributed by atoms with Crippen LogP contribution in [0, 0.1) is 11.8 Å². The Bertz CT molecular complexity index is 1300. The van der Waals surface area contributed by atoms with E-state index in [4.69, 9.17) is 29.4 Å². The molecular formula is C31H45Cl3N4O8. The van der Waals surface area contributed by atoms with Crippen molar-refractivity contribution < 1.29 is 38.4 Å². The first-order valence-corrected chi connectivity index (χ1v) is 14.9. The van der Waals surface area contributed by atoms with Gasteiger partial charge in [0.05, 0.1) is 39.3 Å². The number of methoxy groups -OCH3 is 2. The molecule has 0 aromatic heterocycles. The number of aromatic hydroxyl groups is 1. The van der Waals surface area contributed by atoms with Crippen LogP contribution in [0.15, 0.2) is 24.3 Å². The number of nitrogens with one attached hydrogen (secondary N) is 3. The lowest BCUT2D eigenvalue weighted by Gasteiger charge is -2.39. The largest absolute Gasteiger partial charge is 0.502 e. The van der Waals surface area contributed by atoms with Gasteiger partial charge in [-0.2, -0.15) is 0 Å². The zero-order valence-electron chi connectivity index (χ0n) is 26.0. The van der Waals surface area contributed by atoms with Gasteiger partial charge in [-0.25, -0.2) is 0 Å². The Morgan fingerprint density at radius 1 is 0.891 bits per heavy atom. The molecule has 3 aliphatic rings. The molecule has 1 saturated heterocycles. The van der Waals surface area contributed by atoms with Crippen LogP contribution in [-0.2, 0) is 14.3 Å². The van der Waals surface area contributed by atoms with Gasteiger partial charge in [-0.3, -0.25) is 9.59 Å². The van der Waals surface area contributed by atoms with Crippen molar-refractivity contribution in [3.8, 4) is 28.7 Å². The number of amides is 1. The summed E-state index contributed by atoms with van der Waals surface area (Å²) in [6.07, 6.45) is 4.07. The summed E-state index contributed by atoms with van der Waals surface area (Å²) in [4.78, 5) is 26.5. The van der Waals surface area contributed by atoms with Gasteiger partial charge in [0.2, 0.25) is 18.4 Å². The first-order valence-electron chi connectivity index (χ1n) is 14.9. The molecule has 1 fully saturated rings. The molecule has 46 heavy (non-hydrogen) atoms. The van der Waals surface area contributed by atoms with E-state index in [0.717, 1.165) is 63.0 Å². The predicted molar refractivity (Wildman–Crippen MR) is 179 cm³/mol. The molecule has 1 aliphatic carbocycles. The van der Waals surface area contributed by atoms with Crippen LogP contribution < -0.4 is 40.6 Å². The highest BCUT2D eigenvalue weighted by atomic mass is 35.5. The maximum atomic E-state index is 13.3. The molecule has 5 rings (SSSR count).